The van der Waals surface area contributed by atoms with Crippen LogP contribution in [0, 0.1) is 16.7 Å². The van der Waals surface area contributed by atoms with Crippen molar-refractivity contribution in [3.63, 3.8) is 0 Å². The molecule has 1 aliphatic rings. The van der Waals surface area contributed by atoms with Crippen LogP contribution >= 0.6 is 0 Å². The van der Waals surface area contributed by atoms with E-state index in [-0.39, 0.29) is 12.2 Å². The van der Waals surface area contributed by atoms with E-state index in [1.807, 2.05) is 24.3 Å². The first-order chi connectivity index (χ1) is 16.1. The van der Waals surface area contributed by atoms with Crippen molar-refractivity contribution < 1.29 is 23.7 Å². The molecule has 3 aromatic rings. The fraction of sp³-hybridized carbons (Fsp3) is 0.259. The summed E-state index contributed by atoms with van der Waals surface area (Å²) in [6, 6.07) is 23.4. The Hall–Kier alpha value is -3.66. The predicted octanol–water partition coefficient (Wildman–Crippen LogP) is 5.22. The summed E-state index contributed by atoms with van der Waals surface area (Å²) in [5.41, 5.74) is 3.12. The molecule has 6 nitrogen and oxygen atoms in total. The molecule has 0 N–H and O–H groups in total. The minimum Gasteiger partial charge on any atom is -0.468 e. The van der Waals surface area contributed by atoms with Gasteiger partial charge in [-0.25, -0.2) is 4.79 Å². The van der Waals surface area contributed by atoms with Crippen molar-refractivity contribution in [2.75, 3.05) is 26.6 Å². The molecule has 0 aromatic heterocycles. The molecule has 1 saturated heterocycles. The maximum Gasteiger partial charge on any atom is 0.343 e. The predicted molar refractivity (Wildman–Crippen MR) is 123 cm³/mol. The first-order valence-electron chi connectivity index (χ1n) is 10.8. The molecule has 0 saturated carbocycles. The Kier molecular flexibility index (Phi) is 7.04. The standard InChI is InChI=1S/C27H25NO5/c1-2-27(16-30-17-27)18-31-19-32-24-11-9-23(10-12-24)26(29)33-25-13-7-22(8-14-25)21-5-3-20(15-28)4-6-21/h3-14H,2,16-19H2,1H3. The molecular weight excluding hydrogens is 418 g/mol. The lowest BCUT2D eigenvalue weighted by atomic mass is 9.84. The fourth-order valence-corrected chi connectivity index (χ4v) is 3.45. The van der Waals surface area contributed by atoms with Gasteiger partial charge in [0.1, 0.15) is 11.5 Å². The third-order valence-corrected chi connectivity index (χ3v) is 5.79. The molecule has 0 spiro atoms. The number of benzene rings is 3. The Labute approximate surface area is 193 Å². The van der Waals surface area contributed by atoms with Crippen LogP contribution < -0.4 is 9.47 Å². The van der Waals surface area contributed by atoms with E-state index in [1.54, 1.807) is 48.5 Å². The van der Waals surface area contributed by atoms with Gasteiger partial charge in [-0.3, -0.25) is 0 Å². The number of nitriles is 1. The molecule has 0 radical (unpaired) electrons. The topological polar surface area (TPSA) is 77.8 Å². The largest absolute Gasteiger partial charge is 0.468 e. The number of hydrogen-bond donors (Lipinski definition) is 0. The monoisotopic (exact) mass is 443 g/mol. The van der Waals surface area contributed by atoms with Gasteiger partial charge in [-0.1, -0.05) is 31.2 Å². The molecule has 6 heteroatoms. The summed E-state index contributed by atoms with van der Waals surface area (Å²) in [5, 5.41) is 8.91. The number of carbonyl (C=O) groups is 1. The zero-order valence-corrected chi connectivity index (χ0v) is 18.5. The minimum atomic E-state index is -0.446. The van der Waals surface area contributed by atoms with Crippen LogP contribution in [0.25, 0.3) is 11.1 Å². The van der Waals surface area contributed by atoms with Crippen LogP contribution in [0.2, 0.25) is 0 Å². The van der Waals surface area contributed by atoms with Crippen molar-refractivity contribution in [1.82, 2.24) is 0 Å². The number of ether oxygens (including phenoxy) is 4. The SMILES string of the molecule is CCC1(COCOc2ccc(C(=O)Oc3ccc(-c4ccc(C#N)cc4)cc3)cc2)COC1. The molecule has 0 bridgehead atoms. The molecule has 0 unspecified atom stereocenters. The lowest BCUT2D eigenvalue weighted by molar-refractivity contribution is -0.162. The maximum absolute atomic E-state index is 12.5. The van der Waals surface area contributed by atoms with E-state index in [2.05, 4.69) is 13.0 Å². The van der Waals surface area contributed by atoms with Crippen molar-refractivity contribution in [2.45, 2.75) is 13.3 Å². The lowest BCUT2D eigenvalue weighted by Gasteiger charge is -2.40. The zero-order valence-electron chi connectivity index (χ0n) is 18.5. The van der Waals surface area contributed by atoms with Crippen molar-refractivity contribution in [2.24, 2.45) is 5.41 Å². The minimum absolute atomic E-state index is 0.122. The Morgan fingerprint density at radius 2 is 1.55 bits per heavy atom. The highest BCUT2D eigenvalue weighted by Gasteiger charge is 2.37. The van der Waals surface area contributed by atoms with Crippen LogP contribution in [0.5, 0.6) is 11.5 Å². The Bertz CT molecular complexity index is 1110. The second kappa shape index (κ2) is 10.3. The Morgan fingerprint density at radius 1 is 0.939 bits per heavy atom. The first-order valence-corrected chi connectivity index (χ1v) is 10.8. The number of nitrogens with zero attached hydrogens (tertiary/aromatic N) is 1. The summed E-state index contributed by atoms with van der Waals surface area (Å²) in [5.74, 6) is 0.628. The summed E-state index contributed by atoms with van der Waals surface area (Å²) in [6.07, 6.45) is 1.02. The average molecular weight is 443 g/mol. The van der Waals surface area contributed by atoms with E-state index in [9.17, 15) is 4.79 Å². The van der Waals surface area contributed by atoms with E-state index in [1.165, 1.54) is 0 Å². The third-order valence-electron chi connectivity index (χ3n) is 5.79. The molecular formula is C27H25NO5. The molecule has 1 aliphatic heterocycles. The number of hydrogen-bond acceptors (Lipinski definition) is 6. The second-order valence-electron chi connectivity index (χ2n) is 8.08. The molecule has 0 aliphatic carbocycles. The van der Waals surface area contributed by atoms with Crippen LogP contribution in [0.3, 0.4) is 0 Å². The third kappa shape index (κ3) is 5.58. The van der Waals surface area contributed by atoms with Gasteiger partial charge in [0.05, 0.1) is 37.0 Å². The highest BCUT2D eigenvalue weighted by Crippen LogP contribution is 2.31. The van der Waals surface area contributed by atoms with Gasteiger partial charge >= 0.3 is 5.97 Å². The summed E-state index contributed by atoms with van der Waals surface area (Å²) in [4.78, 5) is 12.5. The van der Waals surface area contributed by atoms with E-state index >= 15 is 0 Å². The van der Waals surface area contributed by atoms with Gasteiger partial charge in [0.2, 0.25) is 0 Å². The van der Waals surface area contributed by atoms with Gasteiger partial charge in [-0.15, -0.1) is 0 Å². The van der Waals surface area contributed by atoms with Crippen LogP contribution in [0.1, 0.15) is 29.3 Å². The quantitative estimate of drug-likeness (QED) is 0.195. The first kappa shape index (κ1) is 22.5. The van der Waals surface area contributed by atoms with Crippen molar-refractivity contribution in [3.8, 4) is 28.7 Å². The summed E-state index contributed by atoms with van der Waals surface area (Å²) in [7, 11) is 0. The number of esters is 1. The molecule has 1 heterocycles. The summed E-state index contributed by atoms with van der Waals surface area (Å²) >= 11 is 0. The molecule has 33 heavy (non-hydrogen) atoms. The second-order valence-corrected chi connectivity index (χ2v) is 8.08. The van der Waals surface area contributed by atoms with Crippen molar-refractivity contribution >= 4 is 5.97 Å². The smallest absolute Gasteiger partial charge is 0.343 e. The van der Waals surface area contributed by atoms with E-state index in [0.717, 1.165) is 30.8 Å². The van der Waals surface area contributed by atoms with E-state index in [0.29, 0.717) is 29.2 Å². The molecule has 1 fully saturated rings. The normalized spacial score (nSPS) is 14.1. The van der Waals surface area contributed by atoms with E-state index in [4.69, 9.17) is 24.2 Å². The van der Waals surface area contributed by atoms with Crippen LogP contribution in [0.15, 0.2) is 72.8 Å². The number of carbonyl (C=O) groups excluding carboxylic acids is 1. The van der Waals surface area contributed by atoms with Gasteiger partial charge in [0, 0.05) is 5.41 Å². The fourth-order valence-electron chi connectivity index (χ4n) is 3.45. The van der Waals surface area contributed by atoms with Crippen LogP contribution in [0.4, 0.5) is 0 Å². The highest BCUT2D eigenvalue weighted by atomic mass is 16.7. The molecule has 168 valence electrons. The van der Waals surface area contributed by atoms with E-state index < -0.39 is 5.97 Å². The Morgan fingerprint density at radius 3 is 2.09 bits per heavy atom. The van der Waals surface area contributed by atoms with Gasteiger partial charge in [0.15, 0.2) is 6.79 Å². The van der Waals surface area contributed by atoms with Crippen LogP contribution in [-0.2, 0) is 9.47 Å². The van der Waals surface area contributed by atoms with Crippen LogP contribution in [-0.4, -0.2) is 32.6 Å². The van der Waals surface area contributed by atoms with Gasteiger partial charge < -0.3 is 18.9 Å². The molecule has 3 aromatic carbocycles. The van der Waals surface area contributed by atoms with Gasteiger partial charge in [-0.2, -0.15) is 5.26 Å². The highest BCUT2D eigenvalue weighted by molar-refractivity contribution is 5.91. The van der Waals surface area contributed by atoms with Gasteiger partial charge in [-0.05, 0) is 66.1 Å². The lowest BCUT2D eigenvalue weighted by Crippen LogP contribution is -2.45. The number of rotatable bonds is 9. The molecule has 0 atom stereocenters. The molecule has 4 rings (SSSR count). The molecule has 0 amide bonds. The summed E-state index contributed by atoms with van der Waals surface area (Å²) < 4.78 is 22.0. The Balaban J connectivity index is 1.27. The van der Waals surface area contributed by atoms with Crippen molar-refractivity contribution in [3.05, 3.63) is 83.9 Å². The summed E-state index contributed by atoms with van der Waals surface area (Å²) in [6.45, 7) is 4.36. The van der Waals surface area contributed by atoms with Gasteiger partial charge in [0.25, 0.3) is 0 Å². The van der Waals surface area contributed by atoms with Crippen molar-refractivity contribution in [1.29, 1.82) is 5.26 Å². The average Bonchev–Trinajstić information content (AvgIpc) is 2.84. The zero-order chi connectivity index (χ0) is 23.1. The maximum atomic E-state index is 12.5.